The summed E-state index contributed by atoms with van der Waals surface area (Å²) >= 11 is 0. The zero-order chi connectivity index (χ0) is 8.27. The molecule has 1 aliphatic carbocycles. The van der Waals surface area contributed by atoms with Crippen molar-refractivity contribution in [3.05, 3.63) is 11.8 Å². The molecule has 0 amide bonds. The lowest BCUT2D eigenvalue weighted by molar-refractivity contribution is 0.0862. The van der Waals surface area contributed by atoms with Gasteiger partial charge in [-0.3, -0.25) is 0 Å². The van der Waals surface area contributed by atoms with Crippen LogP contribution < -0.4 is 5.32 Å². The van der Waals surface area contributed by atoms with E-state index in [-0.39, 0.29) is 0 Å². The summed E-state index contributed by atoms with van der Waals surface area (Å²) in [5, 5.41) is 3.17. The largest absolute Gasteiger partial charge is 0.392 e. The number of nitrogens with one attached hydrogen (secondary N) is 1. The second-order valence-corrected chi connectivity index (χ2v) is 3.16. The maximum absolute atomic E-state index is 5.32. The van der Waals surface area contributed by atoms with Gasteiger partial charge in [-0.05, 0) is 24.8 Å². The molecule has 2 heteroatoms. The van der Waals surface area contributed by atoms with Gasteiger partial charge in [0, 0.05) is 19.9 Å². The maximum Gasteiger partial charge on any atom is 0.0797 e. The van der Waals surface area contributed by atoms with Crippen LogP contribution in [0.5, 0.6) is 0 Å². The van der Waals surface area contributed by atoms with Crippen LogP contribution in [0.4, 0.5) is 0 Å². The Hall–Kier alpha value is -0.500. The molecule has 2 atom stereocenters. The first-order valence-corrected chi connectivity index (χ1v) is 4.19. The second-order valence-electron chi connectivity index (χ2n) is 3.16. The Kier molecular flexibility index (Phi) is 2.94. The van der Waals surface area contributed by atoms with Crippen molar-refractivity contribution in [2.45, 2.75) is 25.9 Å². The molecule has 0 aromatic rings. The summed E-state index contributed by atoms with van der Waals surface area (Å²) in [7, 11) is 3.74. The molecular formula is C9H17NO. The van der Waals surface area contributed by atoms with Gasteiger partial charge in [-0.1, -0.05) is 6.92 Å². The minimum absolute atomic E-state index is 0.311. The smallest absolute Gasteiger partial charge is 0.0797 e. The molecule has 0 saturated carbocycles. The molecule has 0 saturated heterocycles. The Labute approximate surface area is 68.6 Å². The number of methoxy groups -OCH3 is 1. The summed E-state index contributed by atoms with van der Waals surface area (Å²) in [4.78, 5) is 0. The lowest BCUT2D eigenvalue weighted by atomic mass is 9.91. The Bertz CT molecular complexity index is 154. The molecule has 2 unspecified atom stereocenters. The normalized spacial score (nSPS) is 31.4. The average molecular weight is 155 g/mol. The van der Waals surface area contributed by atoms with Gasteiger partial charge in [-0.2, -0.15) is 0 Å². The zero-order valence-electron chi connectivity index (χ0n) is 7.55. The Balaban J connectivity index is 2.59. The van der Waals surface area contributed by atoms with Crippen molar-refractivity contribution < 1.29 is 4.74 Å². The van der Waals surface area contributed by atoms with Crippen LogP contribution in [0.1, 0.15) is 19.8 Å². The van der Waals surface area contributed by atoms with E-state index in [0.717, 1.165) is 6.42 Å². The maximum atomic E-state index is 5.32. The third-order valence-electron chi connectivity index (χ3n) is 2.39. The first-order chi connectivity index (χ1) is 5.27. The topological polar surface area (TPSA) is 21.3 Å². The van der Waals surface area contributed by atoms with Gasteiger partial charge in [0.25, 0.3) is 0 Å². The van der Waals surface area contributed by atoms with Crippen molar-refractivity contribution in [2.75, 3.05) is 14.2 Å². The lowest BCUT2D eigenvalue weighted by Gasteiger charge is -2.26. The highest BCUT2D eigenvalue weighted by molar-refractivity contribution is 5.08. The molecule has 0 aliphatic heterocycles. The van der Waals surface area contributed by atoms with E-state index in [2.05, 4.69) is 18.3 Å². The van der Waals surface area contributed by atoms with E-state index >= 15 is 0 Å². The molecule has 0 aromatic carbocycles. The van der Waals surface area contributed by atoms with Crippen LogP contribution in [0.2, 0.25) is 0 Å². The highest BCUT2D eigenvalue weighted by Crippen LogP contribution is 2.23. The van der Waals surface area contributed by atoms with E-state index in [4.69, 9.17) is 4.74 Å². The minimum atomic E-state index is 0.311. The molecule has 0 heterocycles. The van der Waals surface area contributed by atoms with Crippen molar-refractivity contribution >= 4 is 0 Å². The summed E-state index contributed by atoms with van der Waals surface area (Å²) < 4.78 is 5.32. The van der Waals surface area contributed by atoms with Crippen molar-refractivity contribution in [1.82, 2.24) is 5.32 Å². The molecule has 0 radical (unpaired) electrons. The van der Waals surface area contributed by atoms with Gasteiger partial charge in [0.2, 0.25) is 0 Å². The van der Waals surface area contributed by atoms with E-state index < -0.39 is 0 Å². The minimum Gasteiger partial charge on any atom is -0.392 e. The molecule has 0 spiro atoms. The van der Waals surface area contributed by atoms with Crippen LogP contribution in [0.25, 0.3) is 0 Å². The van der Waals surface area contributed by atoms with E-state index in [9.17, 15) is 0 Å². The summed E-state index contributed by atoms with van der Waals surface area (Å²) in [5.41, 5.74) is 1.31. The molecule has 1 aliphatic rings. The fraction of sp³-hybridized carbons (Fsp3) is 0.778. The van der Waals surface area contributed by atoms with Crippen LogP contribution in [0.3, 0.4) is 0 Å². The monoisotopic (exact) mass is 155 g/mol. The lowest BCUT2D eigenvalue weighted by Crippen LogP contribution is -2.25. The summed E-state index contributed by atoms with van der Waals surface area (Å²) in [6.45, 7) is 2.23. The number of rotatable bonds is 2. The van der Waals surface area contributed by atoms with Crippen molar-refractivity contribution in [2.24, 2.45) is 5.92 Å². The zero-order valence-corrected chi connectivity index (χ0v) is 7.55. The van der Waals surface area contributed by atoms with E-state index in [1.165, 1.54) is 12.1 Å². The van der Waals surface area contributed by atoms with Gasteiger partial charge in [0.1, 0.15) is 0 Å². The second kappa shape index (κ2) is 3.77. The molecule has 0 bridgehead atoms. The van der Waals surface area contributed by atoms with Crippen LogP contribution >= 0.6 is 0 Å². The summed E-state index contributed by atoms with van der Waals surface area (Å²) in [5.74, 6) is 0.664. The van der Waals surface area contributed by atoms with Crippen LogP contribution in [-0.2, 0) is 4.74 Å². The number of ether oxygens (including phenoxy) is 1. The van der Waals surface area contributed by atoms with Crippen molar-refractivity contribution in [3.63, 3.8) is 0 Å². The SMILES string of the molecule is CNC1=CC(OC)C(C)CC1. The van der Waals surface area contributed by atoms with E-state index in [0.29, 0.717) is 12.0 Å². The van der Waals surface area contributed by atoms with Gasteiger partial charge in [0.05, 0.1) is 6.10 Å². The molecule has 0 fully saturated rings. The van der Waals surface area contributed by atoms with Crippen LogP contribution in [0.15, 0.2) is 11.8 Å². The first kappa shape index (κ1) is 8.60. The average Bonchev–Trinajstić information content (AvgIpc) is 2.05. The summed E-state index contributed by atoms with van der Waals surface area (Å²) in [6, 6.07) is 0. The van der Waals surface area contributed by atoms with Gasteiger partial charge in [-0.25, -0.2) is 0 Å². The third kappa shape index (κ3) is 1.96. The Morgan fingerprint density at radius 3 is 2.91 bits per heavy atom. The Morgan fingerprint density at radius 1 is 1.64 bits per heavy atom. The molecule has 2 nitrogen and oxygen atoms in total. The van der Waals surface area contributed by atoms with Gasteiger partial charge >= 0.3 is 0 Å². The van der Waals surface area contributed by atoms with Gasteiger partial charge in [-0.15, -0.1) is 0 Å². The predicted molar refractivity (Wildman–Crippen MR) is 46.3 cm³/mol. The van der Waals surface area contributed by atoms with Gasteiger partial charge < -0.3 is 10.1 Å². The van der Waals surface area contributed by atoms with Crippen LogP contribution in [-0.4, -0.2) is 20.3 Å². The molecular weight excluding hydrogens is 138 g/mol. The molecule has 1 rings (SSSR count). The quantitative estimate of drug-likeness (QED) is 0.653. The number of hydrogen-bond donors (Lipinski definition) is 1. The van der Waals surface area contributed by atoms with E-state index in [1.54, 1.807) is 7.11 Å². The predicted octanol–water partition coefficient (Wildman–Crippen LogP) is 1.53. The Morgan fingerprint density at radius 2 is 2.36 bits per heavy atom. The fourth-order valence-corrected chi connectivity index (χ4v) is 1.50. The highest BCUT2D eigenvalue weighted by Gasteiger charge is 2.19. The van der Waals surface area contributed by atoms with Crippen LogP contribution in [0, 0.1) is 5.92 Å². The highest BCUT2D eigenvalue weighted by atomic mass is 16.5. The third-order valence-corrected chi connectivity index (χ3v) is 2.39. The van der Waals surface area contributed by atoms with Gasteiger partial charge in [0.15, 0.2) is 0 Å². The van der Waals surface area contributed by atoms with E-state index in [1.807, 2.05) is 7.05 Å². The summed E-state index contributed by atoms with van der Waals surface area (Å²) in [6.07, 6.45) is 4.89. The molecule has 64 valence electrons. The van der Waals surface area contributed by atoms with Crippen molar-refractivity contribution in [1.29, 1.82) is 0 Å². The fourth-order valence-electron chi connectivity index (χ4n) is 1.50. The molecule has 1 N–H and O–H groups in total. The number of allylic oxidation sites excluding steroid dienone is 1. The molecule has 0 aromatic heterocycles. The number of hydrogen-bond acceptors (Lipinski definition) is 2. The first-order valence-electron chi connectivity index (χ1n) is 4.19. The molecule has 11 heavy (non-hydrogen) atoms. The van der Waals surface area contributed by atoms with Crippen molar-refractivity contribution in [3.8, 4) is 0 Å². The standard InChI is InChI=1S/C9H17NO/c1-7-4-5-8(10-2)6-9(7)11-3/h6-7,9-10H,4-5H2,1-3H3.